The number of carbonyl (C=O) groups is 1. The van der Waals surface area contributed by atoms with Crippen molar-refractivity contribution < 1.29 is 9.21 Å². The Kier molecular flexibility index (Phi) is 3.24. The van der Waals surface area contributed by atoms with E-state index in [4.69, 9.17) is 4.42 Å². The molecule has 2 heterocycles. The summed E-state index contributed by atoms with van der Waals surface area (Å²) in [4.78, 5) is 14.2. The number of nitrogens with zero attached hydrogens (tertiary/aromatic N) is 1. The van der Waals surface area contributed by atoms with Gasteiger partial charge in [-0.25, -0.2) is 0 Å². The van der Waals surface area contributed by atoms with E-state index in [-0.39, 0.29) is 5.91 Å². The van der Waals surface area contributed by atoms with Crippen LogP contribution in [0.4, 0.5) is 0 Å². The summed E-state index contributed by atoms with van der Waals surface area (Å²) in [7, 11) is 0. The molecule has 17 heavy (non-hydrogen) atoms. The van der Waals surface area contributed by atoms with Crippen molar-refractivity contribution in [3.63, 3.8) is 0 Å². The van der Waals surface area contributed by atoms with E-state index in [2.05, 4.69) is 19.2 Å². The Morgan fingerprint density at radius 1 is 1.35 bits per heavy atom. The van der Waals surface area contributed by atoms with Gasteiger partial charge in [-0.05, 0) is 33.8 Å². The molecule has 2 atom stereocenters. The van der Waals surface area contributed by atoms with E-state index in [9.17, 15) is 4.79 Å². The van der Waals surface area contributed by atoms with Gasteiger partial charge in [-0.1, -0.05) is 0 Å². The minimum absolute atomic E-state index is 0.0100. The molecule has 1 aliphatic heterocycles. The summed E-state index contributed by atoms with van der Waals surface area (Å²) in [5.74, 6) is 1.29. The van der Waals surface area contributed by atoms with Gasteiger partial charge in [0.1, 0.15) is 5.76 Å². The predicted molar refractivity (Wildman–Crippen MR) is 66.1 cm³/mol. The Morgan fingerprint density at radius 2 is 1.94 bits per heavy atom. The Labute approximate surface area is 102 Å². The molecule has 0 saturated carbocycles. The molecule has 0 aliphatic carbocycles. The molecule has 1 saturated heterocycles. The lowest BCUT2D eigenvalue weighted by molar-refractivity contribution is 0.0639. The lowest BCUT2D eigenvalue weighted by Gasteiger charge is -2.35. The summed E-state index contributed by atoms with van der Waals surface area (Å²) in [6.45, 7) is 9.45. The zero-order chi connectivity index (χ0) is 12.6. The van der Waals surface area contributed by atoms with Crippen LogP contribution in [-0.4, -0.2) is 36.0 Å². The third-order valence-corrected chi connectivity index (χ3v) is 3.08. The molecule has 1 aromatic heterocycles. The van der Waals surface area contributed by atoms with Crippen molar-refractivity contribution in [1.29, 1.82) is 0 Å². The van der Waals surface area contributed by atoms with Crippen LogP contribution in [-0.2, 0) is 0 Å². The molecule has 4 nitrogen and oxygen atoms in total. The van der Waals surface area contributed by atoms with Gasteiger partial charge in [0.2, 0.25) is 0 Å². The first-order valence-electron chi connectivity index (χ1n) is 6.09. The van der Waals surface area contributed by atoms with Crippen LogP contribution in [0.15, 0.2) is 10.5 Å². The maximum Gasteiger partial charge on any atom is 0.289 e. The first kappa shape index (κ1) is 12.2. The van der Waals surface area contributed by atoms with Crippen LogP contribution < -0.4 is 5.32 Å². The Hall–Kier alpha value is -1.29. The van der Waals surface area contributed by atoms with E-state index < -0.39 is 0 Å². The van der Waals surface area contributed by atoms with E-state index in [1.54, 1.807) is 0 Å². The number of furan rings is 1. The number of carbonyl (C=O) groups excluding carboxylic acids is 1. The summed E-state index contributed by atoms with van der Waals surface area (Å²) in [6.07, 6.45) is 0. The largest absolute Gasteiger partial charge is 0.456 e. The van der Waals surface area contributed by atoms with Gasteiger partial charge in [0, 0.05) is 30.7 Å². The highest BCUT2D eigenvalue weighted by Gasteiger charge is 2.28. The van der Waals surface area contributed by atoms with Crippen molar-refractivity contribution in [3.8, 4) is 0 Å². The van der Waals surface area contributed by atoms with Crippen LogP contribution >= 0.6 is 0 Å². The topological polar surface area (TPSA) is 45.5 Å². The van der Waals surface area contributed by atoms with Crippen LogP contribution in [0.25, 0.3) is 0 Å². The molecule has 0 spiro atoms. The van der Waals surface area contributed by atoms with E-state index in [0.29, 0.717) is 17.8 Å². The fourth-order valence-electron chi connectivity index (χ4n) is 2.49. The van der Waals surface area contributed by atoms with Crippen LogP contribution in [0.2, 0.25) is 0 Å². The van der Waals surface area contributed by atoms with Crippen LogP contribution in [0.1, 0.15) is 35.7 Å². The number of amides is 1. The zero-order valence-electron chi connectivity index (χ0n) is 10.9. The van der Waals surface area contributed by atoms with Gasteiger partial charge in [0.25, 0.3) is 5.91 Å². The highest BCUT2D eigenvalue weighted by atomic mass is 16.4. The number of hydrogen-bond acceptors (Lipinski definition) is 3. The molecule has 1 N–H and O–H groups in total. The lowest BCUT2D eigenvalue weighted by Crippen LogP contribution is -2.55. The molecule has 2 rings (SSSR count). The lowest BCUT2D eigenvalue weighted by atomic mass is 10.1. The fraction of sp³-hybridized carbons (Fsp3) is 0.615. The summed E-state index contributed by atoms with van der Waals surface area (Å²) in [5.41, 5.74) is 0.923. The van der Waals surface area contributed by atoms with Crippen LogP contribution in [0.5, 0.6) is 0 Å². The average molecular weight is 236 g/mol. The van der Waals surface area contributed by atoms with E-state index in [1.807, 2.05) is 24.8 Å². The molecule has 0 radical (unpaired) electrons. The third kappa shape index (κ3) is 2.52. The highest BCUT2D eigenvalue weighted by Crippen LogP contribution is 2.17. The first-order valence-corrected chi connectivity index (χ1v) is 6.09. The van der Waals surface area contributed by atoms with E-state index in [0.717, 1.165) is 24.4 Å². The van der Waals surface area contributed by atoms with Gasteiger partial charge in [-0.15, -0.1) is 0 Å². The highest BCUT2D eigenvalue weighted by molar-refractivity contribution is 5.93. The molecule has 1 amide bonds. The smallest absolute Gasteiger partial charge is 0.289 e. The minimum Gasteiger partial charge on any atom is -0.456 e. The van der Waals surface area contributed by atoms with Gasteiger partial charge in [0.15, 0.2) is 5.76 Å². The second kappa shape index (κ2) is 4.53. The summed E-state index contributed by atoms with van der Waals surface area (Å²) < 4.78 is 5.49. The Bertz CT molecular complexity index is 415. The third-order valence-electron chi connectivity index (χ3n) is 3.08. The summed E-state index contributed by atoms with van der Waals surface area (Å²) in [6, 6.07) is 2.57. The summed E-state index contributed by atoms with van der Waals surface area (Å²) >= 11 is 0. The fourth-order valence-corrected chi connectivity index (χ4v) is 2.49. The standard InChI is InChI=1S/C13H20N2O2/c1-8-5-11(4)17-12(8)13(16)15-6-9(2)14-10(3)7-15/h5,9-10,14H,6-7H2,1-4H3/t9-,10-/m1/s1. The number of rotatable bonds is 1. The molecule has 94 valence electrons. The molecule has 0 aromatic carbocycles. The molecule has 1 aromatic rings. The van der Waals surface area contributed by atoms with E-state index in [1.165, 1.54) is 0 Å². The van der Waals surface area contributed by atoms with Crippen molar-refractivity contribution in [2.45, 2.75) is 39.8 Å². The monoisotopic (exact) mass is 236 g/mol. The van der Waals surface area contributed by atoms with Gasteiger partial charge < -0.3 is 14.6 Å². The molecular weight excluding hydrogens is 216 g/mol. The van der Waals surface area contributed by atoms with Crippen LogP contribution in [0.3, 0.4) is 0 Å². The Balaban J connectivity index is 2.17. The number of piperazine rings is 1. The van der Waals surface area contributed by atoms with Crippen molar-refractivity contribution in [2.24, 2.45) is 0 Å². The first-order chi connectivity index (χ1) is 7.97. The van der Waals surface area contributed by atoms with Gasteiger partial charge in [0.05, 0.1) is 0 Å². The van der Waals surface area contributed by atoms with Crippen LogP contribution in [0, 0.1) is 13.8 Å². The molecule has 1 aliphatic rings. The normalized spacial score (nSPS) is 25.1. The van der Waals surface area contributed by atoms with Gasteiger partial charge >= 0.3 is 0 Å². The molecule has 0 unspecified atom stereocenters. The maximum atomic E-state index is 12.3. The predicted octanol–water partition coefficient (Wildman–Crippen LogP) is 1.72. The second-order valence-corrected chi connectivity index (χ2v) is 5.05. The van der Waals surface area contributed by atoms with Crippen molar-refractivity contribution in [2.75, 3.05) is 13.1 Å². The number of hydrogen-bond donors (Lipinski definition) is 1. The van der Waals surface area contributed by atoms with Crippen molar-refractivity contribution in [1.82, 2.24) is 10.2 Å². The van der Waals surface area contributed by atoms with Gasteiger partial charge in [-0.2, -0.15) is 0 Å². The molecule has 1 fully saturated rings. The second-order valence-electron chi connectivity index (χ2n) is 5.05. The quantitative estimate of drug-likeness (QED) is 0.807. The summed E-state index contributed by atoms with van der Waals surface area (Å²) in [5, 5.41) is 3.41. The van der Waals surface area contributed by atoms with Crippen molar-refractivity contribution >= 4 is 5.91 Å². The average Bonchev–Trinajstić information content (AvgIpc) is 2.55. The minimum atomic E-state index is 0.0100. The molecule has 4 heteroatoms. The Morgan fingerprint density at radius 3 is 2.41 bits per heavy atom. The number of aryl methyl sites for hydroxylation is 2. The maximum absolute atomic E-state index is 12.3. The van der Waals surface area contributed by atoms with E-state index >= 15 is 0 Å². The molecular formula is C13H20N2O2. The van der Waals surface area contributed by atoms with Crippen molar-refractivity contribution in [3.05, 3.63) is 23.2 Å². The zero-order valence-corrected chi connectivity index (χ0v) is 10.9. The number of nitrogens with one attached hydrogen (secondary N) is 1. The molecule has 0 bridgehead atoms. The SMILES string of the molecule is Cc1cc(C)c(C(=O)N2C[C@@H](C)N[C@H](C)C2)o1. The van der Waals surface area contributed by atoms with Gasteiger partial charge in [-0.3, -0.25) is 4.79 Å².